The molecule has 4 nitrogen and oxygen atoms in total. The third-order valence-electron chi connectivity index (χ3n) is 3.40. The van der Waals surface area contributed by atoms with E-state index in [0.29, 0.717) is 17.9 Å². The van der Waals surface area contributed by atoms with Crippen LogP contribution in [0.15, 0.2) is 66.2 Å². The maximum absolute atomic E-state index is 11.9. The van der Waals surface area contributed by atoms with E-state index >= 15 is 0 Å². The summed E-state index contributed by atoms with van der Waals surface area (Å²) < 4.78 is 5.88. The molecule has 0 radical (unpaired) electrons. The van der Waals surface area contributed by atoms with Crippen molar-refractivity contribution in [3.63, 3.8) is 0 Å². The molecule has 0 saturated carbocycles. The predicted octanol–water partition coefficient (Wildman–Crippen LogP) is 2.66. The first-order chi connectivity index (χ1) is 10.7. The van der Waals surface area contributed by atoms with Crippen molar-refractivity contribution in [2.24, 2.45) is 0 Å². The van der Waals surface area contributed by atoms with Gasteiger partial charge < -0.3 is 4.74 Å². The number of benzene rings is 2. The maximum atomic E-state index is 11.9. The zero-order valence-electron chi connectivity index (χ0n) is 11.9. The Morgan fingerprint density at radius 1 is 0.955 bits per heavy atom. The molecule has 110 valence electrons. The van der Waals surface area contributed by atoms with Crippen LogP contribution in [0, 0.1) is 0 Å². The number of rotatable bonds is 4. The molecule has 0 aliphatic carbocycles. The molecule has 22 heavy (non-hydrogen) atoms. The van der Waals surface area contributed by atoms with Crippen LogP contribution >= 0.6 is 0 Å². The van der Waals surface area contributed by atoms with Gasteiger partial charge >= 0.3 is 0 Å². The van der Waals surface area contributed by atoms with Crippen molar-refractivity contribution in [1.29, 1.82) is 0 Å². The minimum Gasteiger partial charge on any atom is -0.488 e. The zero-order chi connectivity index (χ0) is 15.4. The van der Waals surface area contributed by atoms with E-state index in [0.717, 1.165) is 11.1 Å². The van der Waals surface area contributed by atoms with Crippen molar-refractivity contribution >= 4 is 17.6 Å². The lowest BCUT2D eigenvalue weighted by atomic mass is 10.1. The van der Waals surface area contributed by atoms with Gasteiger partial charge in [0.25, 0.3) is 5.91 Å². The van der Waals surface area contributed by atoms with Crippen LogP contribution in [0.3, 0.4) is 0 Å². The minimum absolute atomic E-state index is 0.0534. The van der Waals surface area contributed by atoms with E-state index in [2.05, 4.69) is 5.32 Å². The number of carbonyl (C=O) groups excluding carboxylic acids is 2. The van der Waals surface area contributed by atoms with Crippen molar-refractivity contribution < 1.29 is 14.3 Å². The summed E-state index contributed by atoms with van der Waals surface area (Å²) in [5.41, 5.74) is 2.17. The number of ether oxygens (including phenoxy) is 1. The van der Waals surface area contributed by atoms with Crippen molar-refractivity contribution in [2.75, 3.05) is 0 Å². The van der Waals surface area contributed by atoms with Crippen LogP contribution in [0.5, 0.6) is 0 Å². The third-order valence-corrected chi connectivity index (χ3v) is 3.40. The van der Waals surface area contributed by atoms with Crippen molar-refractivity contribution in [3.8, 4) is 0 Å². The maximum Gasteiger partial charge on any atom is 0.258 e. The largest absolute Gasteiger partial charge is 0.488 e. The monoisotopic (exact) mass is 293 g/mol. The number of hydrogen-bond acceptors (Lipinski definition) is 3. The second kappa shape index (κ2) is 6.26. The van der Waals surface area contributed by atoms with E-state index in [1.54, 1.807) is 0 Å². The first-order valence-electron chi connectivity index (χ1n) is 7.03. The topological polar surface area (TPSA) is 55.4 Å². The highest BCUT2D eigenvalue weighted by atomic mass is 16.5. The van der Waals surface area contributed by atoms with E-state index in [1.165, 1.54) is 0 Å². The van der Waals surface area contributed by atoms with Crippen LogP contribution in [0.4, 0.5) is 0 Å². The van der Waals surface area contributed by atoms with Gasteiger partial charge in [0.05, 0.1) is 12.0 Å². The SMILES string of the molecule is O=C1CC(=C(OCc2ccccc2)c2ccccc2)C(=O)N1. The van der Waals surface area contributed by atoms with Crippen LogP contribution in [0.1, 0.15) is 17.5 Å². The number of amides is 2. The second-order valence-electron chi connectivity index (χ2n) is 5.00. The lowest BCUT2D eigenvalue weighted by Crippen LogP contribution is -2.19. The van der Waals surface area contributed by atoms with E-state index in [9.17, 15) is 9.59 Å². The first-order valence-corrected chi connectivity index (χ1v) is 7.03. The Morgan fingerprint density at radius 2 is 1.59 bits per heavy atom. The summed E-state index contributed by atoms with van der Waals surface area (Å²) in [6, 6.07) is 19.1. The standard InChI is InChI=1S/C18H15NO3/c20-16-11-15(18(21)19-16)17(14-9-5-2-6-10-14)22-12-13-7-3-1-4-8-13/h1-10H,11-12H2,(H,19,20,21). The highest BCUT2D eigenvalue weighted by Gasteiger charge is 2.29. The molecule has 2 aromatic carbocycles. The normalized spacial score (nSPS) is 16.4. The van der Waals surface area contributed by atoms with E-state index < -0.39 is 0 Å². The van der Waals surface area contributed by atoms with Crippen molar-refractivity contribution in [1.82, 2.24) is 5.32 Å². The van der Waals surface area contributed by atoms with Gasteiger partial charge in [0.1, 0.15) is 12.4 Å². The van der Waals surface area contributed by atoms with Gasteiger partial charge in [0.2, 0.25) is 5.91 Å². The van der Waals surface area contributed by atoms with Gasteiger partial charge in [-0.2, -0.15) is 0 Å². The van der Waals surface area contributed by atoms with Gasteiger partial charge in [0, 0.05) is 5.56 Å². The highest BCUT2D eigenvalue weighted by Crippen LogP contribution is 2.26. The van der Waals surface area contributed by atoms with E-state index in [4.69, 9.17) is 4.74 Å². The van der Waals surface area contributed by atoms with Crippen LogP contribution in [0.25, 0.3) is 5.76 Å². The molecule has 2 amide bonds. The number of carbonyl (C=O) groups is 2. The zero-order valence-corrected chi connectivity index (χ0v) is 11.9. The Bertz CT molecular complexity index is 721. The van der Waals surface area contributed by atoms with Gasteiger partial charge in [-0.05, 0) is 5.56 Å². The average molecular weight is 293 g/mol. The smallest absolute Gasteiger partial charge is 0.258 e. The molecule has 4 heteroatoms. The van der Waals surface area contributed by atoms with Gasteiger partial charge in [0.15, 0.2) is 0 Å². The fourth-order valence-corrected chi connectivity index (χ4v) is 2.33. The number of imide groups is 1. The molecule has 3 rings (SSSR count). The van der Waals surface area contributed by atoms with Crippen LogP contribution in [-0.4, -0.2) is 11.8 Å². The van der Waals surface area contributed by atoms with Crippen molar-refractivity contribution in [2.45, 2.75) is 13.0 Å². The fourth-order valence-electron chi connectivity index (χ4n) is 2.33. The van der Waals surface area contributed by atoms with Gasteiger partial charge in [-0.1, -0.05) is 60.7 Å². The van der Waals surface area contributed by atoms with E-state index in [-0.39, 0.29) is 18.2 Å². The quantitative estimate of drug-likeness (QED) is 0.535. The Kier molecular flexibility index (Phi) is 4.01. The highest BCUT2D eigenvalue weighted by molar-refractivity contribution is 6.16. The van der Waals surface area contributed by atoms with Gasteiger partial charge in [-0.25, -0.2) is 0 Å². The minimum atomic E-state index is -0.378. The number of hydrogen-bond donors (Lipinski definition) is 1. The molecule has 1 saturated heterocycles. The Morgan fingerprint density at radius 3 is 2.18 bits per heavy atom. The van der Waals surface area contributed by atoms with Crippen LogP contribution < -0.4 is 5.32 Å². The molecular formula is C18H15NO3. The molecule has 1 N–H and O–H groups in total. The Balaban J connectivity index is 1.92. The summed E-state index contributed by atoms with van der Waals surface area (Å²) in [7, 11) is 0. The summed E-state index contributed by atoms with van der Waals surface area (Å²) >= 11 is 0. The summed E-state index contributed by atoms with van der Waals surface area (Å²) in [6.45, 7) is 0.343. The molecule has 1 aliphatic rings. The van der Waals surface area contributed by atoms with Crippen LogP contribution in [0.2, 0.25) is 0 Å². The lowest BCUT2D eigenvalue weighted by Gasteiger charge is -2.13. The summed E-state index contributed by atoms with van der Waals surface area (Å²) in [5, 5.41) is 2.30. The molecule has 1 fully saturated rings. The van der Waals surface area contributed by atoms with E-state index in [1.807, 2.05) is 60.7 Å². The predicted molar refractivity (Wildman–Crippen MR) is 82.4 cm³/mol. The second-order valence-corrected chi connectivity index (χ2v) is 5.00. The summed E-state index contributed by atoms with van der Waals surface area (Å²) in [4.78, 5) is 23.4. The molecular weight excluding hydrogens is 278 g/mol. The molecule has 1 aliphatic heterocycles. The Labute approximate surface area is 128 Å². The molecule has 0 bridgehead atoms. The summed E-state index contributed by atoms with van der Waals surface area (Å²) in [5.74, 6) is -0.207. The van der Waals surface area contributed by atoms with Gasteiger partial charge in [-0.15, -0.1) is 0 Å². The molecule has 1 heterocycles. The van der Waals surface area contributed by atoms with Gasteiger partial charge in [-0.3, -0.25) is 14.9 Å². The lowest BCUT2D eigenvalue weighted by molar-refractivity contribution is -0.124. The number of nitrogens with one attached hydrogen (secondary N) is 1. The molecule has 0 atom stereocenters. The summed E-state index contributed by atoms with van der Waals surface area (Å²) in [6.07, 6.45) is 0.0534. The fraction of sp³-hybridized carbons (Fsp3) is 0.111. The molecule has 0 spiro atoms. The van der Waals surface area contributed by atoms with Crippen molar-refractivity contribution in [3.05, 3.63) is 77.4 Å². The average Bonchev–Trinajstić information content (AvgIpc) is 2.88. The molecule has 0 aromatic heterocycles. The van der Waals surface area contributed by atoms with Crippen LogP contribution in [-0.2, 0) is 20.9 Å². The third kappa shape index (κ3) is 3.06. The Hall–Kier alpha value is -2.88. The first kappa shape index (κ1) is 14.1. The molecule has 2 aromatic rings. The molecule has 0 unspecified atom stereocenters.